The number of anilines is 2. The van der Waals surface area contributed by atoms with Crippen molar-refractivity contribution in [1.29, 1.82) is 0 Å². The Morgan fingerprint density at radius 1 is 1.24 bits per heavy atom. The van der Waals surface area contributed by atoms with Gasteiger partial charge in [0.2, 0.25) is 5.82 Å². The van der Waals surface area contributed by atoms with Crippen LogP contribution in [0, 0.1) is 15.9 Å². The Hall–Kier alpha value is -2.96. The number of nitrogens with zero attached hydrogens (tertiary/aromatic N) is 1. The molecule has 1 atom stereocenters. The number of amides is 1. The highest BCUT2D eigenvalue weighted by Gasteiger charge is 2.30. The lowest BCUT2D eigenvalue weighted by atomic mass is 10.1. The van der Waals surface area contributed by atoms with Crippen molar-refractivity contribution >= 4 is 23.0 Å². The first-order chi connectivity index (χ1) is 10.1. The van der Waals surface area contributed by atoms with E-state index < -0.39 is 22.5 Å². The van der Waals surface area contributed by atoms with Crippen LogP contribution in [-0.4, -0.2) is 10.8 Å². The summed E-state index contributed by atoms with van der Waals surface area (Å²) in [5, 5.41) is 16.3. The molecule has 2 aromatic rings. The zero-order valence-electron chi connectivity index (χ0n) is 10.7. The maximum Gasteiger partial charge on any atom is 0.306 e. The van der Waals surface area contributed by atoms with Crippen LogP contribution in [0.1, 0.15) is 11.6 Å². The number of nitrogens with one attached hydrogen (secondary N) is 2. The lowest BCUT2D eigenvalue weighted by Crippen LogP contribution is -2.19. The molecule has 0 aromatic heterocycles. The molecule has 1 aliphatic rings. The van der Waals surface area contributed by atoms with Gasteiger partial charge in [-0.3, -0.25) is 14.9 Å². The van der Waals surface area contributed by atoms with Gasteiger partial charge in [-0.05, 0) is 18.2 Å². The number of nitro benzene ring substituents is 1. The van der Waals surface area contributed by atoms with Gasteiger partial charge in [-0.15, -0.1) is 0 Å². The number of benzene rings is 2. The topological polar surface area (TPSA) is 84.3 Å². The summed E-state index contributed by atoms with van der Waals surface area (Å²) in [6, 6.07) is 9.90. The molecule has 106 valence electrons. The van der Waals surface area contributed by atoms with Crippen molar-refractivity contribution in [3.05, 3.63) is 64.0 Å². The van der Waals surface area contributed by atoms with Crippen molar-refractivity contribution in [3.8, 4) is 0 Å². The van der Waals surface area contributed by atoms with Crippen LogP contribution in [0.3, 0.4) is 0 Å². The van der Waals surface area contributed by atoms with Gasteiger partial charge in [-0.25, -0.2) is 0 Å². The molecule has 0 aliphatic carbocycles. The Morgan fingerprint density at radius 3 is 2.76 bits per heavy atom. The molecule has 21 heavy (non-hydrogen) atoms. The second kappa shape index (κ2) is 4.86. The summed E-state index contributed by atoms with van der Waals surface area (Å²) in [5.41, 5.74) is 1.11. The zero-order valence-corrected chi connectivity index (χ0v) is 10.7. The van der Waals surface area contributed by atoms with E-state index in [9.17, 15) is 19.3 Å². The number of carbonyl (C=O) groups excluding carboxylic acids is 1. The fourth-order valence-electron chi connectivity index (χ4n) is 2.26. The number of fused-ring (bicyclic) bond motifs is 1. The van der Waals surface area contributed by atoms with Gasteiger partial charge >= 0.3 is 5.69 Å². The second-order valence-corrected chi connectivity index (χ2v) is 4.58. The highest BCUT2D eigenvalue weighted by Crippen LogP contribution is 2.33. The molecule has 0 saturated carbocycles. The molecule has 2 N–H and O–H groups in total. The first-order valence-electron chi connectivity index (χ1n) is 6.16. The average Bonchev–Trinajstić information content (AvgIpc) is 2.77. The summed E-state index contributed by atoms with van der Waals surface area (Å²) in [4.78, 5) is 21.9. The summed E-state index contributed by atoms with van der Waals surface area (Å²) < 4.78 is 13.3. The smallest absolute Gasteiger partial charge is 0.306 e. The monoisotopic (exact) mass is 287 g/mol. The summed E-state index contributed by atoms with van der Waals surface area (Å²) in [7, 11) is 0. The lowest BCUT2D eigenvalue weighted by molar-refractivity contribution is -0.387. The maximum atomic E-state index is 13.3. The van der Waals surface area contributed by atoms with Crippen molar-refractivity contribution < 1.29 is 14.1 Å². The molecular weight excluding hydrogens is 277 g/mol. The molecule has 3 rings (SSSR count). The van der Waals surface area contributed by atoms with Gasteiger partial charge in [-0.1, -0.05) is 18.2 Å². The van der Waals surface area contributed by atoms with Crippen molar-refractivity contribution in [2.75, 3.05) is 10.6 Å². The van der Waals surface area contributed by atoms with E-state index in [0.29, 0.717) is 11.4 Å². The van der Waals surface area contributed by atoms with E-state index in [1.807, 2.05) is 0 Å². The van der Waals surface area contributed by atoms with E-state index in [4.69, 9.17) is 0 Å². The van der Waals surface area contributed by atoms with E-state index in [0.717, 1.165) is 17.7 Å². The summed E-state index contributed by atoms with van der Waals surface area (Å²) in [6.45, 7) is 0. The SMILES string of the molecule is O=C1Nc2ccccc2C1Nc1ccc(F)c([N+](=O)[O-])c1. The minimum absolute atomic E-state index is 0.261. The molecule has 2 aromatic carbocycles. The first-order valence-corrected chi connectivity index (χ1v) is 6.16. The van der Waals surface area contributed by atoms with E-state index in [2.05, 4.69) is 10.6 Å². The normalized spacial score (nSPS) is 16.2. The Bertz CT molecular complexity index is 748. The number of halogens is 1. The van der Waals surface area contributed by atoms with E-state index >= 15 is 0 Å². The number of hydrogen-bond donors (Lipinski definition) is 2. The van der Waals surface area contributed by atoms with Gasteiger partial charge in [0.15, 0.2) is 0 Å². The molecule has 0 saturated heterocycles. The summed E-state index contributed by atoms with van der Waals surface area (Å²) in [6.07, 6.45) is 0. The third-order valence-corrected chi connectivity index (χ3v) is 3.25. The maximum absolute atomic E-state index is 13.3. The van der Waals surface area contributed by atoms with Gasteiger partial charge in [0, 0.05) is 23.0 Å². The van der Waals surface area contributed by atoms with Crippen LogP contribution in [0.2, 0.25) is 0 Å². The van der Waals surface area contributed by atoms with Gasteiger partial charge in [0.1, 0.15) is 6.04 Å². The number of nitro groups is 1. The predicted octanol–water partition coefficient (Wildman–Crippen LogP) is 2.84. The molecule has 1 amide bonds. The Balaban J connectivity index is 1.92. The highest BCUT2D eigenvalue weighted by molar-refractivity contribution is 6.04. The molecular formula is C14H10FN3O3. The molecule has 1 heterocycles. The lowest BCUT2D eigenvalue weighted by Gasteiger charge is -2.12. The van der Waals surface area contributed by atoms with Gasteiger partial charge < -0.3 is 10.6 Å². The quantitative estimate of drug-likeness (QED) is 0.671. The summed E-state index contributed by atoms with van der Waals surface area (Å²) >= 11 is 0. The molecule has 0 bridgehead atoms. The van der Waals surface area contributed by atoms with Crippen molar-refractivity contribution in [1.82, 2.24) is 0 Å². The average molecular weight is 287 g/mol. The van der Waals surface area contributed by atoms with Crippen molar-refractivity contribution in [2.24, 2.45) is 0 Å². The third-order valence-electron chi connectivity index (χ3n) is 3.25. The highest BCUT2D eigenvalue weighted by atomic mass is 19.1. The minimum Gasteiger partial charge on any atom is -0.370 e. The van der Waals surface area contributed by atoms with Crippen molar-refractivity contribution in [3.63, 3.8) is 0 Å². The number of carbonyl (C=O) groups is 1. The fraction of sp³-hybridized carbons (Fsp3) is 0.0714. The van der Waals surface area contributed by atoms with Gasteiger partial charge in [0.05, 0.1) is 4.92 Å². The van der Waals surface area contributed by atoms with E-state index in [1.54, 1.807) is 24.3 Å². The molecule has 6 nitrogen and oxygen atoms in total. The first kappa shape index (κ1) is 13.0. The molecule has 1 aliphatic heterocycles. The largest absolute Gasteiger partial charge is 0.370 e. The molecule has 1 unspecified atom stereocenters. The number of hydrogen-bond acceptors (Lipinski definition) is 4. The molecule has 0 radical (unpaired) electrons. The molecule has 0 fully saturated rings. The number of para-hydroxylation sites is 1. The zero-order chi connectivity index (χ0) is 15.0. The van der Waals surface area contributed by atoms with Crippen LogP contribution in [0.25, 0.3) is 0 Å². The van der Waals surface area contributed by atoms with Gasteiger partial charge in [-0.2, -0.15) is 4.39 Å². The Morgan fingerprint density at radius 2 is 2.00 bits per heavy atom. The van der Waals surface area contributed by atoms with Crippen LogP contribution in [0.4, 0.5) is 21.5 Å². The van der Waals surface area contributed by atoms with Gasteiger partial charge in [0.25, 0.3) is 5.91 Å². The van der Waals surface area contributed by atoms with Crippen LogP contribution in [0.15, 0.2) is 42.5 Å². The predicted molar refractivity (Wildman–Crippen MR) is 74.5 cm³/mol. The standard InChI is InChI=1S/C14H10FN3O3/c15-10-6-5-8(7-12(10)18(20)21)16-13-9-3-1-2-4-11(9)17-14(13)19/h1-7,13,16H,(H,17,19). The summed E-state index contributed by atoms with van der Waals surface area (Å²) in [5.74, 6) is -1.18. The van der Waals surface area contributed by atoms with Crippen LogP contribution >= 0.6 is 0 Å². The fourth-order valence-corrected chi connectivity index (χ4v) is 2.26. The van der Waals surface area contributed by atoms with E-state index in [1.165, 1.54) is 6.07 Å². The number of rotatable bonds is 3. The Labute approximate surface area is 118 Å². The van der Waals surface area contributed by atoms with Crippen LogP contribution in [0.5, 0.6) is 0 Å². The molecule has 0 spiro atoms. The third kappa shape index (κ3) is 2.29. The van der Waals surface area contributed by atoms with Crippen LogP contribution in [-0.2, 0) is 4.79 Å². The molecule has 7 heteroatoms. The second-order valence-electron chi connectivity index (χ2n) is 4.58. The van der Waals surface area contributed by atoms with E-state index in [-0.39, 0.29) is 5.91 Å². The van der Waals surface area contributed by atoms with Crippen molar-refractivity contribution in [2.45, 2.75) is 6.04 Å². The van der Waals surface area contributed by atoms with Crippen LogP contribution < -0.4 is 10.6 Å². The minimum atomic E-state index is -0.915. The Kier molecular flexibility index (Phi) is 3.02.